The van der Waals surface area contributed by atoms with Gasteiger partial charge >= 0.3 is 0 Å². The highest BCUT2D eigenvalue weighted by Gasteiger charge is 2.05. The molecule has 0 bridgehead atoms. The third-order valence-electron chi connectivity index (χ3n) is 3.05. The van der Waals surface area contributed by atoms with Gasteiger partial charge in [0.05, 0.1) is 0 Å². The zero-order valence-electron chi connectivity index (χ0n) is 11.9. The van der Waals surface area contributed by atoms with Crippen molar-refractivity contribution in [2.45, 2.75) is 19.1 Å². The number of amides is 1. The van der Waals surface area contributed by atoms with Crippen LogP contribution in [0.25, 0.3) is 0 Å². The third-order valence-corrected chi connectivity index (χ3v) is 4.57. The van der Waals surface area contributed by atoms with Gasteiger partial charge in [0.15, 0.2) is 0 Å². The van der Waals surface area contributed by atoms with E-state index < -0.39 is 0 Å². The van der Waals surface area contributed by atoms with E-state index in [2.05, 4.69) is 33.4 Å². The van der Waals surface area contributed by atoms with E-state index in [1.54, 1.807) is 11.8 Å². The molecule has 0 radical (unpaired) electrons. The largest absolute Gasteiger partial charge is 0.326 e. The van der Waals surface area contributed by atoms with Crippen LogP contribution in [0.3, 0.4) is 0 Å². The Morgan fingerprint density at radius 2 is 1.95 bits per heavy atom. The molecule has 0 aliphatic rings. The molecule has 0 aliphatic carbocycles. The summed E-state index contributed by atoms with van der Waals surface area (Å²) in [6.07, 6.45) is 0.535. The van der Waals surface area contributed by atoms with Crippen LogP contribution in [-0.4, -0.2) is 11.7 Å². The van der Waals surface area contributed by atoms with Gasteiger partial charge in [-0.25, -0.2) is 0 Å². The molecule has 4 heteroatoms. The second-order valence-corrected chi connectivity index (χ2v) is 6.82. The summed E-state index contributed by atoms with van der Waals surface area (Å²) in [6, 6.07) is 16.2. The maximum absolute atomic E-state index is 11.9. The molecule has 0 fully saturated rings. The van der Waals surface area contributed by atoms with E-state index in [4.69, 9.17) is 0 Å². The van der Waals surface area contributed by atoms with E-state index in [0.717, 1.165) is 27.2 Å². The molecule has 2 aromatic carbocycles. The maximum atomic E-state index is 11.9. The average molecular weight is 364 g/mol. The number of rotatable bonds is 6. The summed E-state index contributed by atoms with van der Waals surface area (Å²) in [5, 5.41) is 2.96. The first-order chi connectivity index (χ1) is 10.1. The number of thioether (sulfide) groups is 1. The highest BCUT2D eigenvalue weighted by molar-refractivity contribution is 9.10. The number of carbonyl (C=O) groups is 1. The van der Waals surface area contributed by atoms with Gasteiger partial charge in [0.25, 0.3) is 0 Å². The van der Waals surface area contributed by atoms with Crippen molar-refractivity contribution in [1.29, 1.82) is 0 Å². The van der Waals surface area contributed by atoms with E-state index in [1.807, 2.05) is 43.3 Å². The molecule has 21 heavy (non-hydrogen) atoms. The standard InChI is InChI=1S/C17H18BrNOS/c1-13-11-15(18)7-8-16(13)19-17(20)9-10-21-12-14-5-3-2-4-6-14/h2-8,11H,9-10,12H2,1H3,(H,19,20). The quantitative estimate of drug-likeness (QED) is 0.730. The number of nitrogens with one attached hydrogen (secondary N) is 1. The highest BCUT2D eigenvalue weighted by Crippen LogP contribution is 2.20. The third kappa shape index (κ3) is 5.56. The monoisotopic (exact) mass is 363 g/mol. The van der Waals surface area contributed by atoms with Crippen LogP contribution < -0.4 is 5.32 Å². The number of carbonyl (C=O) groups excluding carboxylic acids is 1. The Hall–Kier alpha value is -1.26. The predicted molar refractivity (Wildman–Crippen MR) is 94.7 cm³/mol. The van der Waals surface area contributed by atoms with Crippen molar-refractivity contribution in [1.82, 2.24) is 0 Å². The Morgan fingerprint density at radius 3 is 2.67 bits per heavy atom. The minimum atomic E-state index is 0.0704. The smallest absolute Gasteiger partial charge is 0.225 e. The molecule has 110 valence electrons. The molecular formula is C17H18BrNOS. The Labute approximate surface area is 138 Å². The SMILES string of the molecule is Cc1cc(Br)ccc1NC(=O)CCSCc1ccccc1. The number of hydrogen-bond donors (Lipinski definition) is 1. The van der Waals surface area contributed by atoms with Crippen LogP contribution in [0.15, 0.2) is 53.0 Å². The van der Waals surface area contributed by atoms with Crippen LogP contribution >= 0.6 is 27.7 Å². The van der Waals surface area contributed by atoms with Crippen LogP contribution in [0.5, 0.6) is 0 Å². The lowest BCUT2D eigenvalue weighted by atomic mass is 10.2. The predicted octanol–water partition coefficient (Wildman–Crippen LogP) is 5.02. The number of aryl methyl sites for hydroxylation is 1. The molecule has 2 nitrogen and oxygen atoms in total. The van der Waals surface area contributed by atoms with Gasteiger partial charge in [-0.3, -0.25) is 4.79 Å². The number of anilines is 1. The van der Waals surface area contributed by atoms with E-state index in [1.165, 1.54) is 5.56 Å². The second kappa shape index (κ2) is 8.25. The molecule has 1 N–H and O–H groups in total. The van der Waals surface area contributed by atoms with Gasteiger partial charge in [0.1, 0.15) is 0 Å². The first-order valence-electron chi connectivity index (χ1n) is 6.83. The number of benzene rings is 2. The van der Waals surface area contributed by atoms with Gasteiger partial charge in [0.2, 0.25) is 5.91 Å². The summed E-state index contributed by atoms with van der Waals surface area (Å²) in [4.78, 5) is 11.9. The summed E-state index contributed by atoms with van der Waals surface area (Å²) in [6.45, 7) is 1.99. The Bertz CT molecular complexity index is 601. The molecule has 0 aromatic heterocycles. The fourth-order valence-corrected chi connectivity index (χ4v) is 3.29. The summed E-state index contributed by atoms with van der Waals surface area (Å²) >= 11 is 5.20. The van der Waals surface area contributed by atoms with Crippen LogP contribution in [0.2, 0.25) is 0 Å². The van der Waals surface area contributed by atoms with Gasteiger partial charge in [-0.05, 0) is 36.2 Å². The van der Waals surface area contributed by atoms with E-state index in [0.29, 0.717) is 6.42 Å². The zero-order chi connectivity index (χ0) is 15.1. The highest BCUT2D eigenvalue weighted by atomic mass is 79.9. The first kappa shape index (κ1) is 16.1. The Balaban J connectivity index is 1.72. The van der Waals surface area contributed by atoms with Gasteiger partial charge in [-0.2, -0.15) is 11.8 Å². The summed E-state index contributed by atoms with van der Waals surface area (Å²) in [7, 11) is 0. The molecule has 0 unspecified atom stereocenters. The molecule has 2 aromatic rings. The maximum Gasteiger partial charge on any atom is 0.225 e. The molecule has 0 spiro atoms. The average Bonchev–Trinajstić information content (AvgIpc) is 2.48. The van der Waals surface area contributed by atoms with Gasteiger partial charge in [-0.1, -0.05) is 46.3 Å². The molecule has 0 aliphatic heterocycles. The van der Waals surface area contributed by atoms with Crippen molar-refractivity contribution in [3.8, 4) is 0 Å². The van der Waals surface area contributed by atoms with E-state index in [9.17, 15) is 4.79 Å². The molecular weight excluding hydrogens is 346 g/mol. The lowest BCUT2D eigenvalue weighted by Gasteiger charge is -2.08. The molecule has 0 saturated carbocycles. The molecule has 2 rings (SSSR count). The Kier molecular flexibility index (Phi) is 6.33. The normalized spacial score (nSPS) is 10.4. The molecule has 0 heterocycles. The fourth-order valence-electron chi connectivity index (χ4n) is 1.91. The van der Waals surface area contributed by atoms with Gasteiger partial charge in [-0.15, -0.1) is 0 Å². The summed E-state index contributed by atoms with van der Waals surface area (Å²) in [5.41, 5.74) is 3.25. The van der Waals surface area contributed by atoms with Crippen LogP contribution in [0.1, 0.15) is 17.5 Å². The molecule has 0 saturated heterocycles. The number of hydrogen-bond acceptors (Lipinski definition) is 2. The van der Waals surface area contributed by atoms with Crippen LogP contribution in [0.4, 0.5) is 5.69 Å². The van der Waals surface area contributed by atoms with Crippen molar-refractivity contribution < 1.29 is 4.79 Å². The van der Waals surface area contributed by atoms with Crippen LogP contribution in [0, 0.1) is 6.92 Å². The summed E-state index contributed by atoms with van der Waals surface area (Å²) in [5.74, 6) is 1.85. The fraction of sp³-hybridized carbons (Fsp3) is 0.235. The minimum absolute atomic E-state index is 0.0704. The topological polar surface area (TPSA) is 29.1 Å². The minimum Gasteiger partial charge on any atom is -0.326 e. The van der Waals surface area contributed by atoms with Gasteiger partial charge < -0.3 is 5.32 Å². The lowest BCUT2D eigenvalue weighted by molar-refractivity contribution is -0.115. The van der Waals surface area contributed by atoms with Crippen molar-refractivity contribution in [2.24, 2.45) is 0 Å². The van der Waals surface area contributed by atoms with Gasteiger partial charge in [0, 0.05) is 28.1 Å². The van der Waals surface area contributed by atoms with Crippen molar-refractivity contribution in [2.75, 3.05) is 11.1 Å². The Morgan fingerprint density at radius 1 is 1.19 bits per heavy atom. The lowest BCUT2D eigenvalue weighted by Crippen LogP contribution is -2.13. The summed E-state index contributed by atoms with van der Waals surface area (Å²) < 4.78 is 1.02. The van der Waals surface area contributed by atoms with Crippen molar-refractivity contribution in [3.63, 3.8) is 0 Å². The van der Waals surface area contributed by atoms with Crippen LogP contribution in [-0.2, 0) is 10.5 Å². The molecule has 0 atom stereocenters. The van der Waals surface area contributed by atoms with Crippen molar-refractivity contribution in [3.05, 3.63) is 64.1 Å². The second-order valence-electron chi connectivity index (χ2n) is 4.80. The molecule has 1 amide bonds. The van der Waals surface area contributed by atoms with Crippen molar-refractivity contribution >= 4 is 39.3 Å². The van der Waals surface area contributed by atoms with E-state index >= 15 is 0 Å². The van der Waals surface area contributed by atoms with E-state index in [-0.39, 0.29) is 5.91 Å². The number of halogens is 1. The zero-order valence-corrected chi connectivity index (χ0v) is 14.3. The first-order valence-corrected chi connectivity index (χ1v) is 8.77.